The molecule has 0 aromatic heterocycles. The molecule has 1 saturated heterocycles. The number of nitrogens with zero attached hydrogens (tertiary/aromatic N) is 1. The maximum Gasteiger partial charge on any atom is 0.186 e. The van der Waals surface area contributed by atoms with Crippen LogP contribution in [0.2, 0.25) is 5.02 Å². The number of phenols is 1. The van der Waals surface area contributed by atoms with Crippen molar-refractivity contribution in [2.45, 2.75) is 6.42 Å². The van der Waals surface area contributed by atoms with Gasteiger partial charge in [-0.15, -0.1) is 0 Å². The van der Waals surface area contributed by atoms with Gasteiger partial charge in [0.05, 0.1) is 38.1 Å². The number of benzene rings is 1. The zero-order chi connectivity index (χ0) is 18.1. The van der Waals surface area contributed by atoms with Crippen molar-refractivity contribution in [3.8, 4) is 11.5 Å². The van der Waals surface area contributed by atoms with Gasteiger partial charge in [0.2, 0.25) is 0 Å². The number of phenolic OH excluding ortho intramolecular Hbond substituents is 1. The van der Waals surface area contributed by atoms with Crippen LogP contribution >= 0.6 is 23.8 Å². The molecule has 0 atom stereocenters. The fourth-order valence-corrected chi connectivity index (χ4v) is 2.85. The highest BCUT2D eigenvalue weighted by Gasteiger charge is 2.12. The molecule has 0 radical (unpaired) electrons. The summed E-state index contributed by atoms with van der Waals surface area (Å²) >= 11 is 11.1. The summed E-state index contributed by atoms with van der Waals surface area (Å²) in [4.78, 5) is 1.57. The summed E-state index contributed by atoms with van der Waals surface area (Å²) in [5.41, 5.74) is 3.44. The van der Waals surface area contributed by atoms with E-state index in [4.69, 9.17) is 33.3 Å². The standard InChI is InChI=1S/C16H23ClN4O3S/c1-23-14-10-12(9-13(17)15(14)22)11-19-20-16(25)18-3-2-4-21-5-7-24-8-6-21/h9-11,22H,2-8H2,1H3,(H2,18,20,25)/p+1/b19-11+. The number of rotatable bonds is 7. The summed E-state index contributed by atoms with van der Waals surface area (Å²) in [5.74, 6) is 0.203. The van der Waals surface area contributed by atoms with E-state index in [0.717, 1.165) is 45.8 Å². The van der Waals surface area contributed by atoms with Gasteiger partial charge in [-0.2, -0.15) is 5.10 Å². The Morgan fingerprint density at radius 1 is 1.48 bits per heavy atom. The largest absolute Gasteiger partial charge is 0.503 e. The third-order valence-corrected chi connectivity index (χ3v) is 4.37. The normalized spacial score (nSPS) is 15.3. The lowest BCUT2D eigenvalue weighted by molar-refractivity contribution is -0.908. The van der Waals surface area contributed by atoms with E-state index in [1.165, 1.54) is 7.11 Å². The first-order valence-corrected chi connectivity index (χ1v) is 8.93. The van der Waals surface area contributed by atoms with Gasteiger partial charge in [0.15, 0.2) is 16.6 Å². The van der Waals surface area contributed by atoms with Crippen molar-refractivity contribution in [3.05, 3.63) is 22.7 Å². The predicted molar refractivity (Wildman–Crippen MR) is 102 cm³/mol. The summed E-state index contributed by atoms with van der Waals surface area (Å²) in [5, 5.41) is 17.5. The minimum Gasteiger partial charge on any atom is -0.503 e. The molecule has 1 aliphatic heterocycles. The maximum atomic E-state index is 9.69. The Labute approximate surface area is 157 Å². The third-order valence-electron chi connectivity index (χ3n) is 3.84. The molecule has 0 aliphatic carbocycles. The average Bonchev–Trinajstić information content (AvgIpc) is 2.62. The first kappa shape index (κ1) is 19.7. The molecule has 0 unspecified atom stereocenters. The molecule has 0 amide bonds. The van der Waals surface area contributed by atoms with Crippen LogP contribution in [-0.4, -0.2) is 62.9 Å². The molecule has 4 N–H and O–H groups in total. The van der Waals surface area contributed by atoms with Crippen molar-refractivity contribution in [1.82, 2.24) is 10.7 Å². The smallest absolute Gasteiger partial charge is 0.186 e. The fraction of sp³-hybridized carbons (Fsp3) is 0.500. The summed E-state index contributed by atoms with van der Waals surface area (Å²) < 4.78 is 10.4. The molecule has 1 aromatic rings. The van der Waals surface area contributed by atoms with Gasteiger partial charge in [0, 0.05) is 13.0 Å². The van der Waals surface area contributed by atoms with Gasteiger partial charge in [-0.1, -0.05) is 11.6 Å². The van der Waals surface area contributed by atoms with Crippen LogP contribution in [-0.2, 0) is 4.74 Å². The van der Waals surface area contributed by atoms with Crippen molar-refractivity contribution in [2.24, 2.45) is 5.10 Å². The second-order valence-corrected chi connectivity index (χ2v) is 6.46. The highest BCUT2D eigenvalue weighted by atomic mass is 35.5. The van der Waals surface area contributed by atoms with Crippen LogP contribution in [0.15, 0.2) is 17.2 Å². The molecule has 9 heteroatoms. The van der Waals surface area contributed by atoms with E-state index >= 15 is 0 Å². The number of morpholine rings is 1. The number of methoxy groups -OCH3 is 1. The average molecular weight is 388 g/mol. The summed E-state index contributed by atoms with van der Waals surface area (Å²) in [6.45, 7) is 5.75. The number of hydrogen-bond acceptors (Lipinski definition) is 5. The zero-order valence-electron chi connectivity index (χ0n) is 14.2. The van der Waals surface area contributed by atoms with E-state index in [2.05, 4.69) is 15.8 Å². The van der Waals surface area contributed by atoms with E-state index in [-0.39, 0.29) is 10.8 Å². The van der Waals surface area contributed by atoms with Gasteiger partial charge in [0.1, 0.15) is 13.1 Å². The van der Waals surface area contributed by atoms with Crippen LogP contribution in [0.5, 0.6) is 11.5 Å². The molecule has 1 heterocycles. The fourth-order valence-electron chi connectivity index (χ4n) is 2.48. The highest BCUT2D eigenvalue weighted by Crippen LogP contribution is 2.34. The second-order valence-electron chi connectivity index (χ2n) is 5.65. The van der Waals surface area contributed by atoms with Crippen molar-refractivity contribution in [1.29, 1.82) is 0 Å². The Morgan fingerprint density at radius 3 is 2.96 bits per heavy atom. The van der Waals surface area contributed by atoms with Gasteiger partial charge >= 0.3 is 0 Å². The van der Waals surface area contributed by atoms with E-state index in [0.29, 0.717) is 16.4 Å². The van der Waals surface area contributed by atoms with Crippen LogP contribution in [0.1, 0.15) is 12.0 Å². The Morgan fingerprint density at radius 2 is 2.24 bits per heavy atom. The molecule has 1 aromatic carbocycles. The maximum absolute atomic E-state index is 9.69. The van der Waals surface area contributed by atoms with Crippen LogP contribution in [0.3, 0.4) is 0 Å². The van der Waals surface area contributed by atoms with Gasteiger partial charge < -0.3 is 24.8 Å². The number of aromatic hydroxyl groups is 1. The molecular formula is C16H24ClN4O3S+. The minimum atomic E-state index is -0.0890. The molecular weight excluding hydrogens is 364 g/mol. The van der Waals surface area contributed by atoms with Gasteiger partial charge in [-0.25, -0.2) is 0 Å². The number of halogens is 1. The molecule has 0 bridgehead atoms. The van der Waals surface area contributed by atoms with E-state index in [9.17, 15) is 5.11 Å². The summed E-state index contributed by atoms with van der Waals surface area (Å²) in [6, 6.07) is 3.22. The lowest BCUT2D eigenvalue weighted by Gasteiger charge is -2.23. The molecule has 25 heavy (non-hydrogen) atoms. The molecule has 0 saturated carbocycles. The van der Waals surface area contributed by atoms with Crippen LogP contribution in [0.4, 0.5) is 0 Å². The third kappa shape index (κ3) is 6.66. The van der Waals surface area contributed by atoms with Crippen LogP contribution in [0, 0.1) is 0 Å². The Kier molecular flexibility index (Phi) is 8.20. The number of quaternary nitrogens is 1. The van der Waals surface area contributed by atoms with E-state index in [1.807, 2.05) is 0 Å². The number of nitrogens with one attached hydrogen (secondary N) is 3. The van der Waals surface area contributed by atoms with Gasteiger partial charge in [-0.05, 0) is 29.9 Å². The quantitative estimate of drug-likeness (QED) is 0.231. The molecule has 1 aliphatic rings. The molecule has 138 valence electrons. The molecule has 0 spiro atoms. The van der Waals surface area contributed by atoms with Gasteiger partial charge in [0.25, 0.3) is 0 Å². The van der Waals surface area contributed by atoms with E-state index < -0.39 is 0 Å². The minimum absolute atomic E-state index is 0.0890. The lowest BCUT2D eigenvalue weighted by atomic mass is 10.2. The topological polar surface area (TPSA) is 79.5 Å². The van der Waals surface area contributed by atoms with Gasteiger partial charge in [-0.3, -0.25) is 5.43 Å². The molecule has 2 rings (SSSR count). The monoisotopic (exact) mass is 387 g/mol. The number of hydrazone groups is 1. The van der Waals surface area contributed by atoms with Crippen molar-refractivity contribution in [3.63, 3.8) is 0 Å². The SMILES string of the molecule is COc1cc(/C=N/NC(=S)NCCC[NH+]2CCOCC2)cc(Cl)c1O. The Hall–Kier alpha value is -1.61. The van der Waals surface area contributed by atoms with Crippen molar-refractivity contribution < 1.29 is 19.5 Å². The Balaban J connectivity index is 1.68. The van der Waals surface area contributed by atoms with Crippen molar-refractivity contribution in [2.75, 3.05) is 46.5 Å². The van der Waals surface area contributed by atoms with Crippen LogP contribution in [0.25, 0.3) is 0 Å². The van der Waals surface area contributed by atoms with Crippen molar-refractivity contribution >= 4 is 35.1 Å². The van der Waals surface area contributed by atoms with Crippen LogP contribution < -0.4 is 20.4 Å². The summed E-state index contributed by atoms with van der Waals surface area (Å²) in [7, 11) is 1.46. The molecule has 1 fully saturated rings. The second kappa shape index (κ2) is 10.4. The lowest BCUT2D eigenvalue weighted by Crippen LogP contribution is -3.14. The predicted octanol–water partition coefficient (Wildman–Crippen LogP) is 0.157. The Bertz CT molecular complexity index is 609. The first-order chi connectivity index (χ1) is 12.1. The molecule has 7 nitrogen and oxygen atoms in total. The number of hydrogen-bond donors (Lipinski definition) is 4. The highest BCUT2D eigenvalue weighted by molar-refractivity contribution is 7.80. The number of ether oxygens (including phenoxy) is 2. The zero-order valence-corrected chi connectivity index (χ0v) is 15.8. The first-order valence-electron chi connectivity index (χ1n) is 8.15. The summed E-state index contributed by atoms with van der Waals surface area (Å²) in [6.07, 6.45) is 2.59. The number of thiocarbonyl (C=S) groups is 1. The van der Waals surface area contributed by atoms with E-state index in [1.54, 1.807) is 23.2 Å².